The van der Waals surface area contributed by atoms with E-state index in [1.807, 2.05) is 30.3 Å². The fourth-order valence-corrected chi connectivity index (χ4v) is 1.64. The lowest BCUT2D eigenvalue weighted by molar-refractivity contribution is -0.121. The van der Waals surface area contributed by atoms with Crippen LogP contribution in [0.25, 0.3) is 0 Å². The number of nitrogens with one attached hydrogen (secondary N) is 2. The summed E-state index contributed by atoms with van der Waals surface area (Å²) in [7, 11) is 0. The number of rotatable bonds is 7. The summed E-state index contributed by atoms with van der Waals surface area (Å²) in [5.74, 6) is 0.0133. The summed E-state index contributed by atoms with van der Waals surface area (Å²) in [5, 5.41) is 5.02. The molecule has 0 atom stereocenters. The van der Waals surface area contributed by atoms with E-state index in [1.54, 1.807) is 0 Å². The average molecular weight is 266 g/mol. The van der Waals surface area contributed by atoms with Gasteiger partial charge in [0.05, 0.1) is 0 Å². The molecule has 18 heavy (non-hydrogen) atoms. The van der Waals surface area contributed by atoms with Gasteiger partial charge in [-0.2, -0.15) is 0 Å². The van der Waals surface area contributed by atoms with Crippen LogP contribution in [0.1, 0.15) is 18.4 Å². The van der Waals surface area contributed by atoms with Crippen LogP contribution in [0.5, 0.6) is 0 Å². The van der Waals surface area contributed by atoms with Crippen molar-refractivity contribution in [3.05, 3.63) is 35.9 Å². The molecule has 2 N–H and O–H groups in total. The zero-order valence-corrected chi connectivity index (χ0v) is 11.1. The van der Waals surface area contributed by atoms with Crippen molar-refractivity contribution in [2.24, 2.45) is 0 Å². The molecular weight excluding hydrogens is 248 g/mol. The molecule has 0 bridgehead atoms. The van der Waals surface area contributed by atoms with E-state index in [-0.39, 0.29) is 11.1 Å². The third-order valence-corrected chi connectivity index (χ3v) is 2.59. The molecule has 0 aliphatic heterocycles. The monoisotopic (exact) mass is 266 g/mol. The minimum Gasteiger partial charge on any atom is -0.356 e. The molecule has 0 heterocycles. The van der Waals surface area contributed by atoms with Gasteiger partial charge in [-0.1, -0.05) is 43.0 Å². The molecule has 0 aliphatic rings. The summed E-state index contributed by atoms with van der Waals surface area (Å²) in [6.07, 6.45) is 1.88. The SMILES string of the molecule is O=C(S)NCCCC(=O)NCCc1ccccc1. The first-order chi connectivity index (χ1) is 8.68. The van der Waals surface area contributed by atoms with Crippen molar-refractivity contribution in [1.29, 1.82) is 0 Å². The van der Waals surface area contributed by atoms with Gasteiger partial charge in [-0.3, -0.25) is 9.59 Å². The summed E-state index contributed by atoms with van der Waals surface area (Å²) < 4.78 is 0. The molecule has 0 aromatic heterocycles. The van der Waals surface area contributed by atoms with Gasteiger partial charge >= 0.3 is 0 Å². The summed E-state index contributed by atoms with van der Waals surface area (Å²) in [4.78, 5) is 21.9. The molecule has 0 fully saturated rings. The third kappa shape index (κ3) is 6.96. The molecule has 0 aliphatic carbocycles. The highest BCUT2D eigenvalue weighted by atomic mass is 32.1. The number of thiol groups is 1. The Hall–Kier alpha value is -1.49. The molecule has 0 radical (unpaired) electrons. The Morgan fingerprint density at radius 2 is 1.78 bits per heavy atom. The van der Waals surface area contributed by atoms with Gasteiger partial charge in [-0.05, 0) is 18.4 Å². The smallest absolute Gasteiger partial charge is 0.275 e. The lowest BCUT2D eigenvalue weighted by Crippen LogP contribution is -2.27. The Balaban J connectivity index is 2.05. The maximum Gasteiger partial charge on any atom is 0.275 e. The molecule has 1 rings (SSSR count). The second-order valence-electron chi connectivity index (χ2n) is 3.92. The Morgan fingerprint density at radius 3 is 2.44 bits per heavy atom. The molecule has 4 nitrogen and oxygen atoms in total. The van der Waals surface area contributed by atoms with Crippen LogP contribution in [-0.2, 0) is 11.2 Å². The van der Waals surface area contributed by atoms with Crippen molar-refractivity contribution in [1.82, 2.24) is 10.6 Å². The molecule has 1 aromatic rings. The molecule has 0 spiro atoms. The first-order valence-corrected chi connectivity index (χ1v) is 6.40. The van der Waals surface area contributed by atoms with Gasteiger partial charge in [0.25, 0.3) is 5.24 Å². The quantitative estimate of drug-likeness (QED) is 0.520. The minimum absolute atomic E-state index is 0.0133. The summed E-state index contributed by atoms with van der Waals surface area (Å²) in [6, 6.07) is 10.0. The van der Waals surface area contributed by atoms with Crippen molar-refractivity contribution in [2.45, 2.75) is 19.3 Å². The van der Waals surface area contributed by atoms with Crippen LogP contribution in [0.2, 0.25) is 0 Å². The number of benzene rings is 1. The number of amides is 2. The predicted octanol–water partition coefficient (Wildman–Crippen LogP) is 1.76. The van der Waals surface area contributed by atoms with Crippen LogP contribution in [0.15, 0.2) is 30.3 Å². The maximum absolute atomic E-state index is 11.4. The van der Waals surface area contributed by atoms with Crippen LogP contribution in [-0.4, -0.2) is 24.2 Å². The highest BCUT2D eigenvalue weighted by Gasteiger charge is 2.01. The lowest BCUT2D eigenvalue weighted by Gasteiger charge is -2.05. The molecule has 0 unspecified atom stereocenters. The fraction of sp³-hybridized carbons (Fsp3) is 0.385. The van der Waals surface area contributed by atoms with Crippen molar-refractivity contribution in [2.75, 3.05) is 13.1 Å². The molecule has 1 aromatic carbocycles. The summed E-state index contributed by atoms with van der Waals surface area (Å²) in [6.45, 7) is 1.12. The highest BCUT2D eigenvalue weighted by Crippen LogP contribution is 1.98. The summed E-state index contributed by atoms with van der Waals surface area (Å²) >= 11 is 3.57. The van der Waals surface area contributed by atoms with Gasteiger partial charge in [0.1, 0.15) is 0 Å². The second kappa shape index (κ2) is 8.58. The van der Waals surface area contributed by atoms with E-state index in [0.29, 0.717) is 25.9 Å². The van der Waals surface area contributed by atoms with E-state index < -0.39 is 0 Å². The van der Waals surface area contributed by atoms with Gasteiger partial charge in [0.15, 0.2) is 0 Å². The zero-order chi connectivity index (χ0) is 13.2. The Labute approximate surface area is 113 Å². The van der Waals surface area contributed by atoms with Crippen LogP contribution in [0.3, 0.4) is 0 Å². The van der Waals surface area contributed by atoms with E-state index in [1.165, 1.54) is 5.56 Å². The number of carbonyl (C=O) groups is 2. The maximum atomic E-state index is 11.4. The summed E-state index contributed by atoms with van der Waals surface area (Å²) in [5.41, 5.74) is 1.21. The Bertz CT molecular complexity index is 382. The van der Waals surface area contributed by atoms with Crippen LogP contribution < -0.4 is 10.6 Å². The molecule has 5 heteroatoms. The highest BCUT2D eigenvalue weighted by molar-refractivity contribution is 7.96. The predicted molar refractivity (Wildman–Crippen MR) is 74.8 cm³/mol. The van der Waals surface area contributed by atoms with Gasteiger partial charge in [0.2, 0.25) is 5.91 Å². The van der Waals surface area contributed by atoms with Gasteiger partial charge < -0.3 is 10.6 Å². The lowest BCUT2D eigenvalue weighted by atomic mass is 10.1. The van der Waals surface area contributed by atoms with E-state index >= 15 is 0 Å². The van der Waals surface area contributed by atoms with Gasteiger partial charge in [0, 0.05) is 19.5 Å². The topological polar surface area (TPSA) is 58.2 Å². The first kappa shape index (κ1) is 14.6. The second-order valence-corrected chi connectivity index (χ2v) is 4.33. The molecule has 98 valence electrons. The fourth-order valence-electron chi connectivity index (χ4n) is 1.52. The van der Waals surface area contributed by atoms with E-state index in [2.05, 4.69) is 23.3 Å². The average Bonchev–Trinajstić information content (AvgIpc) is 2.36. The Morgan fingerprint density at radius 1 is 1.06 bits per heavy atom. The van der Waals surface area contributed by atoms with Crippen LogP contribution >= 0.6 is 12.6 Å². The van der Waals surface area contributed by atoms with Crippen molar-refractivity contribution < 1.29 is 9.59 Å². The van der Waals surface area contributed by atoms with Crippen molar-refractivity contribution >= 4 is 23.8 Å². The molecule has 0 saturated carbocycles. The van der Waals surface area contributed by atoms with Crippen LogP contribution in [0, 0.1) is 0 Å². The largest absolute Gasteiger partial charge is 0.356 e. The standard InChI is InChI=1S/C13H18N2O2S/c16-12(7-4-9-15-13(17)18)14-10-8-11-5-2-1-3-6-11/h1-3,5-6H,4,7-10H2,(H,14,16)(H2,15,17,18). The number of carbonyl (C=O) groups excluding carboxylic acids is 2. The zero-order valence-electron chi connectivity index (χ0n) is 10.2. The Kier molecular flexibility index (Phi) is 6.94. The number of hydrogen-bond acceptors (Lipinski definition) is 2. The van der Waals surface area contributed by atoms with Crippen molar-refractivity contribution in [3.8, 4) is 0 Å². The van der Waals surface area contributed by atoms with Crippen LogP contribution in [0.4, 0.5) is 4.79 Å². The minimum atomic E-state index is -0.362. The van der Waals surface area contributed by atoms with E-state index in [0.717, 1.165) is 6.42 Å². The third-order valence-electron chi connectivity index (χ3n) is 2.44. The normalized spacial score (nSPS) is 9.83. The van der Waals surface area contributed by atoms with Gasteiger partial charge in [-0.15, -0.1) is 0 Å². The molecular formula is C13H18N2O2S. The van der Waals surface area contributed by atoms with E-state index in [9.17, 15) is 9.59 Å². The van der Waals surface area contributed by atoms with Gasteiger partial charge in [-0.25, -0.2) is 0 Å². The molecule has 2 amide bonds. The van der Waals surface area contributed by atoms with Crippen molar-refractivity contribution in [3.63, 3.8) is 0 Å². The molecule has 0 saturated heterocycles. The van der Waals surface area contributed by atoms with E-state index in [4.69, 9.17) is 0 Å². The first-order valence-electron chi connectivity index (χ1n) is 5.96. The number of hydrogen-bond donors (Lipinski definition) is 3.